The van der Waals surface area contributed by atoms with Crippen molar-refractivity contribution in [2.75, 3.05) is 7.11 Å². The second-order valence-electron chi connectivity index (χ2n) is 6.34. The summed E-state index contributed by atoms with van der Waals surface area (Å²) in [6.45, 7) is 11.0. The number of ketones is 1. The monoisotopic (exact) mass is 320 g/mol. The van der Waals surface area contributed by atoms with Crippen molar-refractivity contribution in [1.29, 1.82) is 0 Å². The molecule has 6 heteroatoms. The van der Waals surface area contributed by atoms with E-state index in [1.165, 1.54) is 13.8 Å². The molecule has 1 aliphatic heterocycles. The zero-order valence-corrected chi connectivity index (χ0v) is 14.9. The zero-order chi connectivity index (χ0) is 17.8. The van der Waals surface area contributed by atoms with Crippen molar-refractivity contribution in [2.45, 2.75) is 52.7 Å². The third kappa shape index (κ3) is 4.21. The highest BCUT2D eigenvalue weighted by Gasteiger charge is 2.51. The molecule has 1 aliphatic rings. The lowest BCUT2D eigenvalue weighted by molar-refractivity contribution is -0.106. The number of hydrogen-bond donors (Lipinski definition) is 0. The summed E-state index contributed by atoms with van der Waals surface area (Å²) in [4.78, 5) is 20.3. The first-order valence-electron chi connectivity index (χ1n) is 7.54. The van der Waals surface area contributed by atoms with Gasteiger partial charge in [-0.2, -0.15) is 0 Å². The van der Waals surface area contributed by atoms with Crippen molar-refractivity contribution < 1.29 is 23.6 Å². The molecule has 0 aromatic heterocycles. The average Bonchev–Trinajstić information content (AvgIpc) is 2.67. The Kier molecular flexibility index (Phi) is 6.14. The molecule has 0 bridgehead atoms. The lowest BCUT2D eigenvalue weighted by Gasteiger charge is -2.32. The van der Waals surface area contributed by atoms with Gasteiger partial charge >= 0.3 is 7.12 Å². The van der Waals surface area contributed by atoms with Crippen molar-refractivity contribution >= 4 is 24.7 Å². The highest BCUT2D eigenvalue weighted by molar-refractivity contribution is 6.62. The first-order valence-corrected chi connectivity index (χ1v) is 7.54. The Hall–Kier alpha value is -1.66. The van der Waals surface area contributed by atoms with Gasteiger partial charge in [0.1, 0.15) is 12.0 Å². The molecule has 126 valence electrons. The van der Waals surface area contributed by atoms with E-state index in [9.17, 15) is 4.79 Å². The molecule has 0 unspecified atom stereocenters. The van der Waals surface area contributed by atoms with Gasteiger partial charge in [0.25, 0.3) is 0 Å². The Bertz CT molecular complexity index is 564. The van der Waals surface area contributed by atoms with Gasteiger partial charge in [0.15, 0.2) is 5.78 Å². The number of ether oxygens (including phenoxy) is 1. The van der Waals surface area contributed by atoms with Crippen LogP contribution in [0, 0.1) is 0 Å². The summed E-state index contributed by atoms with van der Waals surface area (Å²) in [6.07, 6.45) is 0.750. The molecule has 1 saturated heterocycles. The van der Waals surface area contributed by atoms with Crippen molar-refractivity contribution in [3.05, 3.63) is 23.8 Å². The molecule has 0 N–H and O–H groups in total. The van der Waals surface area contributed by atoms with E-state index in [1.54, 1.807) is 19.2 Å². The molecule has 0 aliphatic carbocycles. The van der Waals surface area contributed by atoms with E-state index in [0.29, 0.717) is 11.3 Å². The third-order valence-corrected chi connectivity index (χ3v) is 4.13. The van der Waals surface area contributed by atoms with Crippen molar-refractivity contribution in [2.24, 2.45) is 0 Å². The third-order valence-electron chi connectivity index (χ3n) is 4.13. The van der Waals surface area contributed by atoms with Gasteiger partial charge in [-0.1, -0.05) is 6.07 Å². The minimum Gasteiger partial charge on any atom is -0.496 e. The Balaban J connectivity index is 0.000000816. The van der Waals surface area contributed by atoms with Crippen LogP contribution < -0.4 is 10.2 Å². The average molecular weight is 320 g/mol. The Morgan fingerprint density at radius 3 is 2.04 bits per heavy atom. The van der Waals surface area contributed by atoms with Crippen LogP contribution >= 0.6 is 0 Å². The minimum atomic E-state index is -0.449. The highest BCUT2D eigenvalue weighted by Crippen LogP contribution is 2.36. The van der Waals surface area contributed by atoms with Crippen LogP contribution in [0.2, 0.25) is 0 Å². The van der Waals surface area contributed by atoms with Crippen LogP contribution in [0.1, 0.15) is 51.9 Å². The van der Waals surface area contributed by atoms with Gasteiger partial charge in [-0.15, -0.1) is 0 Å². The maximum absolute atomic E-state index is 11.5. The fraction of sp³-hybridized carbons (Fsp3) is 0.529. The SMILES string of the molecule is CC=O.COc1cc(B2OC(C)(C)C(C)(C)O2)ccc1C(C)=O. The minimum absolute atomic E-state index is 0.0256. The lowest BCUT2D eigenvalue weighted by atomic mass is 9.78. The molecule has 23 heavy (non-hydrogen) atoms. The standard InChI is InChI=1S/C15H21BO4.C2H4O/c1-10(17)12-8-7-11(9-13(12)18-6)16-19-14(2,3)15(4,5)20-16;1-2-3/h7-9H,1-6H3;2H,1H3. The second-order valence-corrected chi connectivity index (χ2v) is 6.34. The summed E-state index contributed by atoms with van der Waals surface area (Å²) >= 11 is 0. The summed E-state index contributed by atoms with van der Waals surface area (Å²) in [5, 5.41) is 0. The molecule has 1 aromatic carbocycles. The zero-order valence-electron chi connectivity index (χ0n) is 14.9. The smallest absolute Gasteiger partial charge is 0.494 e. The van der Waals surface area contributed by atoms with E-state index in [-0.39, 0.29) is 17.0 Å². The fourth-order valence-electron chi connectivity index (χ4n) is 2.12. The summed E-state index contributed by atoms with van der Waals surface area (Å²) in [5.74, 6) is 0.520. The van der Waals surface area contributed by atoms with Crippen LogP contribution in [-0.4, -0.2) is 37.5 Å². The molecule has 0 atom stereocenters. The molecule has 0 saturated carbocycles. The van der Waals surface area contributed by atoms with Gasteiger partial charge in [0, 0.05) is 0 Å². The molecule has 2 rings (SSSR count). The van der Waals surface area contributed by atoms with E-state index >= 15 is 0 Å². The largest absolute Gasteiger partial charge is 0.496 e. The number of carbonyl (C=O) groups is 2. The molecule has 0 radical (unpaired) electrons. The number of carbonyl (C=O) groups excluding carboxylic acids is 2. The first-order chi connectivity index (χ1) is 10.6. The number of benzene rings is 1. The number of methoxy groups -OCH3 is 1. The molecule has 1 heterocycles. The van der Waals surface area contributed by atoms with Gasteiger partial charge in [-0.3, -0.25) is 4.79 Å². The first kappa shape index (κ1) is 19.4. The van der Waals surface area contributed by atoms with E-state index < -0.39 is 7.12 Å². The normalized spacial score (nSPS) is 18.0. The Morgan fingerprint density at radius 1 is 1.17 bits per heavy atom. The highest BCUT2D eigenvalue weighted by atomic mass is 16.7. The van der Waals surface area contributed by atoms with Crippen molar-refractivity contribution in [1.82, 2.24) is 0 Å². The van der Waals surface area contributed by atoms with Crippen LogP contribution in [0.4, 0.5) is 0 Å². The van der Waals surface area contributed by atoms with Crippen LogP contribution in [0.15, 0.2) is 18.2 Å². The molecule has 5 nitrogen and oxygen atoms in total. The predicted octanol–water partition coefficient (Wildman–Crippen LogP) is 2.40. The van der Waals surface area contributed by atoms with Gasteiger partial charge in [-0.05, 0) is 59.1 Å². The van der Waals surface area contributed by atoms with Crippen molar-refractivity contribution in [3.63, 3.8) is 0 Å². The van der Waals surface area contributed by atoms with E-state index in [4.69, 9.17) is 18.8 Å². The maximum atomic E-state index is 11.5. The van der Waals surface area contributed by atoms with E-state index in [2.05, 4.69) is 0 Å². The maximum Gasteiger partial charge on any atom is 0.494 e. The summed E-state index contributed by atoms with van der Waals surface area (Å²) in [5.41, 5.74) is 0.646. The quantitative estimate of drug-likeness (QED) is 0.486. The molecule has 1 fully saturated rings. The van der Waals surface area contributed by atoms with Crippen LogP contribution in [0.25, 0.3) is 0 Å². The second kappa shape index (κ2) is 7.28. The molecule has 0 amide bonds. The van der Waals surface area contributed by atoms with E-state index in [0.717, 1.165) is 11.7 Å². The molecule has 1 aromatic rings. The molecular weight excluding hydrogens is 295 g/mol. The number of aldehydes is 1. The molecule has 0 spiro atoms. The summed E-state index contributed by atoms with van der Waals surface area (Å²) in [7, 11) is 1.10. The summed E-state index contributed by atoms with van der Waals surface area (Å²) in [6, 6.07) is 5.40. The number of hydrogen-bond acceptors (Lipinski definition) is 5. The van der Waals surface area contributed by atoms with Gasteiger partial charge in [0.05, 0.1) is 23.9 Å². The molecular formula is C17H25BO5. The Morgan fingerprint density at radius 2 is 1.65 bits per heavy atom. The van der Waals surface area contributed by atoms with Gasteiger partial charge in [-0.25, -0.2) is 0 Å². The predicted molar refractivity (Wildman–Crippen MR) is 90.5 cm³/mol. The topological polar surface area (TPSA) is 61.8 Å². The van der Waals surface area contributed by atoms with Gasteiger partial charge < -0.3 is 18.8 Å². The van der Waals surface area contributed by atoms with Crippen LogP contribution in [-0.2, 0) is 14.1 Å². The summed E-state index contributed by atoms with van der Waals surface area (Å²) < 4.78 is 17.3. The van der Waals surface area contributed by atoms with Crippen LogP contribution in [0.3, 0.4) is 0 Å². The van der Waals surface area contributed by atoms with Crippen molar-refractivity contribution in [3.8, 4) is 5.75 Å². The van der Waals surface area contributed by atoms with Crippen LogP contribution in [0.5, 0.6) is 5.75 Å². The van der Waals surface area contributed by atoms with Gasteiger partial charge in [0.2, 0.25) is 0 Å². The fourth-order valence-corrected chi connectivity index (χ4v) is 2.12. The van der Waals surface area contributed by atoms with E-state index in [1.807, 2.05) is 33.8 Å². The Labute approximate surface area is 138 Å². The number of rotatable bonds is 3. The lowest BCUT2D eigenvalue weighted by Crippen LogP contribution is -2.41. The number of Topliss-reactive ketones (excluding diaryl/α,β-unsaturated/α-hetero) is 1.